The molecule has 2 rings (SSSR count). The molecule has 0 atom stereocenters. The van der Waals surface area contributed by atoms with Gasteiger partial charge in [0.1, 0.15) is 0 Å². The minimum absolute atomic E-state index is 0.0473. The van der Waals surface area contributed by atoms with Gasteiger partial charge in [-0.3, -0.25) is 10.2 Å². The van der Waals surface area contributed by atoms with Crippen LogP contribution in [0.3, 0.4) is 0 Å². The van der Waals surface area contributed by atoms with Crippen LogP contribution in [0.15, 0.2) is 18.2 Å². The average Bonchev–Trinajstić information content (AvgIpc) is 2.41. The fourth-order valence-corrected chi connectivity index (χ4v) is 2.19. The van der Waals surface area contributed by atoms with E-state index in [0.717, 1.165) is 37.4 Å². The van der Waals surface area contributed by atoms with Crippen LogP contribution in [0, 0.1) is 6.92 Å². The maximum absolute atomic E-state index is 12.3. The van der Waals surface area contributed by atoms with Crippen molar-refractivity contribution >= 4 is 11.6 Å². The van der Waals surface area contributed by atoms with Crippen LogP contribution in [0.5, 0.6) is 0 Å². The fraction of sp³-hybridized carbons (Fsp3) is 0.500. The van der Waals surface area contributed by atoms with Crippen molar-refractivity contribution in [3.8, 4) is 0 Å². The number of carbonyl (C=O) groups is 1. The lowest BCUT2D eigenvalue weighted by Crippen LogP contribution is -2.52. The van der Waals surface area contributed by atoms with Gasteiger partial charge in [-0.1, -0.05) is 6.07 Å². The summed E-state index contributed by atoms with van der Waals surface area (Å²) in [6.45, 7) is 5.70. The second kappa shape index (κ2) is 6.04. The molecule has 5 nitrogen and oxygen atoms in total. The number of benzene rings is 1. The Balaban J connectivity index is 2.03. The van der Waals surface area contributed by atoms with Gasteiger partial charge in [0, 0.05) is 38.9 Å². The molecule has 0 aliphatic carbocycles. The topological polar surface area (TPSA) is 47.6 Å². The van der Waals surface area contributed by atoms with Gasteiger partial charge < -0.3 is 10.2 Å². The highest BCUT2D eigenvalue weighted by atomic mass is 16.2. The molecular weight excluding hydrogens is 240 g/mol. The number of amides is 1. The molecule has 5 heteroatoms. The molecule has 1 saturated heterocycles. The van der Waals surface area contributed by atoms with Gasteiger partial charge in [0.05, 0.1) is 5.56 Å². The van der Waals surface area contributed by atoms with Crippen LogP contribution in [0.1, 0.15) is 15.9 Å². The number of hydrogen-bond acceptors (Lipinski definition) is 4. The van der Waals surface area contributed by atoms with Crippen molar-refractivity contribution in [2.24, 2.45) is 0 Å². The van der Waals surface area contributed by atoms with E-state index in [9.17, 15) is 4.79 Å². The number of aryl methyl sites for hydroxylation is 1. The van der Waals surface area contributed by atoms with Gasteiger partial charge in [-0.05, 0) is 31.7 Å². The summed E-state index contributed by atoms with van der Waals surface area (Å²) in [5.74, 6) is -0.0473. The fourth-order valence-electron chi connectivity index (χ4n) is 2.19. The van der Waals surface area contributed by atoms with Gasteiger partial charge in [-0.25, -0.2) is 5.01 Å². The van der Waals surface area contributed by atoms with E-state index in [1.165, 1.54) is 0 Å². The van der Waals surface area contributed by atoms with E-state index >= 15 is 0 Å². The summed E-state index contributed by atoms with van der Waals surface area (Å²) in [5, 5.41) is 5.06. The molecule has 0 unspecified atom stereocenters. The Morgan fingerprint density at radius 2 is 1.89 bits per heavy atom. The normalized spacial score (nSPS) is 17.2. The lowest BCUT2D eigenvalue weighted by atomic mass is 10.1. The largest absolute Gasteiger partial charge is 0.387 e. The van der Waals surface area contributed by atoms with Crippen LogP contribution in [0.2, 0.25) is 0 Å². The Morgan fingerprint density at radius 3 is 2.53 bits per heavy atom. The van der Waals surface area contributed by atoms with Crippen molar-refractivity contribution in [2.45, 2.75) is 6.92 Å². The molecular formula is C14H22N4O. The number of nitrogens with zero attached hydrogens (tertiary/aromatic N) is 2. The van der Waals surface area contributed by atoms with Crippen molar-refractivity contribution in [3.05, 3.63) is 29.3 Å². The molecule has 0 radical (unpaired) electrons. The molecule has 1 amide bonds. The van der Waals surface area contributed by atoms with E-state index in [4.69, 9.17) is 0 Å². The van der Waals surface area contributed by atoms with Gasteiger partial charge in [-0.2, -0.15) is 0 Å². The monoisotopic (exact) mass is 262 g/mol. The Morgan fingerprint density at radius 1 is 1.21 bits per heavy atom. The highest BCUT2D eigenvalue weighted by Gasteiger charge is 2.18. The molecule has 1 heterocycles. The molecule has 0 aromatic heterocycles. The quantitative estimate of drug-likeness (QED) is 0.851. The second-order valence-electron chi connectivity index (χ2n) is 5.03. The number of rotatable bonds is 3. The SMILES string of the molecule is CNc1cc(C)ccc1C(=O)NN1CCN(C)CC1. The zero-order valence-corrected chi connectivity index (χ0v) is 11.9. The smallest absolute Gasteiger partial charge is 0.267 e. The summed E-state index contributed by atoms with van der Waals surface area (Å²) in [7, 11) is 3.93. The molecule has 19 heavy (non-hydrogen) atoms. The lowest BCUT2D eigenvalue weighted by molar-refractivity contribution is 0.0663. The molecule has 1 aromatic carbocycles. The van der Waals surface area contributed by atoms with Crippen molar-refractivity contribution < 1.29 is 4.79 Å². The van der Waals surface area contributed by atoms with Crippen molar-refractivity contribution in [2.75, 3.05) is 45.6 Å². The summed E-state index contributed by atoms with van der Waals surface area (Å²) >= 11 is 0. The summed E-state index contributed by atoms with van der Waals surface area (Å²) in [4.78, 5) is 14.5. The third-order valence-electron chi connectivity index (χ3n) is 3.45. The van der Waals surface area contributed by atoms with E-state index in [1.807, 2.05) is 37.2 Å². The highest BCUT2D eigenvalue weighted by Crippen LogP contribution is 2.17. The zero-order chi connectivity index (χ0) is 13.8. The Hall–Kier alpha value is -1.59. The van der Waals surface area contributed by atoms with Crippen molar-refractivity contribution in [1.82, 2.24) is 15.3 Å². The number of anilines is 1. The third-order valence-corrected chi connectivity index (χ3v) is 3.45. The summed E-state index contributed by atoms with van der Waals surface area (Å²) in [6, 6.07) is 5.81. The average molecular weight is 262 g/mol. The lowest BCUT2D eigenvalue weighted by Gasteiger charge is -2.32. The van der Waals surface area contributed by atoms with Crippen LogP contribution in [-0.2, 0) is 0 Å². The van der Waals surface area contributed by atoms with Gasteiger partial charge in [0.25, 0.3) is 5.91 Å². The predicted octanol–water partition coefficient (Wildman–Crippen LogP) is 0.929. The number of likely N-dealkylation sites (N-methyl/N-ethyl adjacent to an activating group) is 1. The molecule has 1 aliphatic rings. The predicted molar refractivity (Wildman–Crippen MR) is 77.3 cm³/mol. The van der Waals surface area contributed by atoms with Crippen LogP contribution < -0.4 is 10.7 Å². The first-order valence-corrected chi connectivity index (χ1v) is 6.63. The first-order valence-electron chi connectivity index (χ1n) is 6.63. The maximum atomic E-state index is 12.3. The van der Waals surface area contributed by atoms with Crippen LogP contribution in [0.4, 0.5) is 5.69 Å². The molecule has 2 N–H and O–H groups in total. The summed E-state index contributed by atoms with van der Waals surface area (Å²) in [6.07, 6.45) is 0. The van der Waals surface area contributed by atoms with Crippen molar-refractivity contribution in [3.63, 3.8) is 0 Å². The minimum Gasteiger partial charge on any atom is -0.387 e. The number of hydrazine groups is 1. The molecule has 0 spiro atoms. The Labute approximate surface area is 114 Å². The number of piperazine rings is 1. The van der Waals surface area contributed by atoms with Gasteiger partial charge in [0.15, 0.2) is 0 Å². The standard InChI is InChI=1S/C14H22N4O/c1-11-4-5-12(13(10-11)15-2)14(19)16-18-8-6-17(3)7-9-18/h4-5,10,15H,6-9H2,1-3H3,(H,16,19). The number of nitrogens with one attached hydrogen (secondary N) is 2. The van der Waals surface area contributed by atoms with E-state index in [-0.39, 0.29) is 5.91 Å². The number of hydrogen-bond donors (Lipinski definition) is 2. The van der Waals surface area contributed by atoms with Gasteiger partial charge in [-0.15, -0.1) is 0 Å². The highest BCUT2D eigenvalue weighted by molar-refractivity contribution is 5.99. The van der Waals surface area contributed by atoms with E-state index < -0.39 is 0 Å². The molecule has 0 bridgehead atoms. The zero-order valence-electron chi connectivity index (χ0n) is 11.9. The Kier molecular flexibility index (Phi) is 4.39. The Bertz CT molecular complexity index is 453. The van der Waals surface area contributed by atoms with E-state index in [1.54, 1.807) is 0 Å². The molecule has 1 fully saturated rings. The van der Waals surface area contributed by atoms with Crippen LogP contribution >= 0.6 is 0 Å². The molecule has 0 saturated carbocycles. The maximum Gasteiger partial charge on any atom is 0.267 e. The van der Waals surface area contributed by atoms with Crippen LogP contribution in [-0.4, -0.2) is 56.1 Å². The van der Waals surface area contributed by atoms with Crippen LogP contribution in [0.25, 0.3) is 0 Å². The molecule has 104 valence electrons. The summed E-state index contributed by atoms with van der Waals surface area (Å²) in [5.41, 5.74) is 5.67. The molecule has 1 aliphatic heterocycles. The van der Waals surface area contributed by atoms with E-state index in [0.29, 0.717) is 5.56 Å². The van der Waals surface area contributed by atoms with Gasteiger partial charge in [0.2, 0.25) is 0 Å². The van der Waals surface area contributed by atoms with Crippen molar-refractivity contribution in [1.29, 1.82) is 0 Å². The van der Waals surface area contributed by atoms with Gasteiger partial charge >= 0.3 is 0 Å². The summed E-state index contributed by atoms with van der Waals surface area (Å²) < 4.78 is 0. The minimum atomic E-state index is -0.0473. The first-order chi connectivity index (χ1) is 9.10. The molecule has 1 aromatic rings. The third kappa shape index (κ3) is 3.45. The second-order valence-corrected chi connectivity index (χ2v) is 5.03. The number of carbonyl (C=O) groups excluding carboxylic acids is 1. The van der Waals surface area contributed by atoms with E-state index in [2.05, 4.69) is 22.7 Å². The first kappa shape index (κ1) is 13.8.